The Morgan fingerprint density at radius 2 is 1.67 bits per heavy atom. The van der Waals surface area contributed by atoms with Crippen molar-refractivity contribution in [3.8, 4) is 0 Å². The molecule has 12 heteroatoms. The van der Waals surface area contributed by atoms with Gasteiger partial charge in [0.05, 0.1) is 10.8 Å². The quantitative estimate of drug-likeness (QED) is 0.411. The largest absolute Gasteiger partial charge is 0.339 e. The summed E-state index contributed by atoms with van der Waals surface area (Å²) in [6, 6.07) is 12.2. The van der Waals surface area contributed by atoms with Gasteiger partial charge in [-0.3, -0.25) is 19.1 Å². The maximum atomic E-state index is 12.6. The minimum atomic E-state index is -3.78. The number of carbonyl (C=O) groups is 3. The molecule has 1 aliphatic rings. The Bertz CT molecular complexity index is 1350. The SMILES string of the molecule is CC(C)N1CC(C(=O)Nc2ccc(C(=O)Nc3ccc(S(=O)(=O)Nc4nccs4)cc3)cc2)CC1=O. The number of benzene rings is 2. The Labute approximate surface area is 212 Å². The molecule has 10 nitrogen and oxygen atoms in total. The van der Waals surface area contributed by atoms with Gasteiger partial charge in [-0.05, 0) is 62.4 Å². The Morgan fingerprint density at radius 1 is 1.03 bits per heavy atom. The van der Waals surface area contributed by atoms with E-state index in [1.807, 2.05) is 13.8 Å². The summed E-state index contributed by atoms with van der Waals surface area (Å²) >= 11 is 1.17. The van der Waals surface area contributed by atoms with Gasteiger partial charge in [-0.1, -0.05) is 0 Å². The molecule has 36 heavy (non-hydrogen) atoms. The summed E-state index contributed by atoms with van der Waals surface area (Å²) in [6.45, 7) is 4.23. The first kappa shape index (κ1) is 25.3. The number of likely N-dealkylation sites (tertiary alicyclic amines) is 1. The van der Waals surface area contributed by atoms with Crippen LogP contribution in [0.25, 0.3) is 0 Å². The van der Waals surface area contributed by atoms with Gasteiger partial charge in [0.25, 0.3) is 15.9 Å². The van der Waals surface area contributed by atoms with Crippen molar-refractivity contribution in [2.45, 2.75) is 31.2 Å². The van der Waals surface area contributed by atoms with Crippen LogP contribution in [-0.4, -0.2) is 48.6 Å². The lowest BCUT2D eigenvalue weighted by Crippen LogP contribution is -2.33. The predicted octanol–water partition coefficient (Wildman–Crippen LogP) is 3.39. The first-order chi connectivity index (χ1) is 17.1. The van der Waals surface area contributed by atoms with Crippen LogP contribution in [0.3, 0.4) is 0 Å². The van der Waals surface area contributed by atoms with Crippen LogP contribution >= 0.6 is 11.3 Å². The number of thiazole rings is 1. The molecule has 2 aromatic carbocycles. The van der Waals surface area contributed by atoms with Gasteiger partial charge in [-0.15, -0.1) is 11.3 Å². The van der Waals surface area contributed by atoms with E-state index >= 15 is 0 Å². The highest BCUT2D eigenvalue weighted by Gasteiger charge is 2.35. The number of carbonyl (C=O) groups excluding carboxylic acids is 3. The van der Waals surface area contributed by atoms with Crippen LogP contribution < -0.4 is 15.4 Å². The highest BCUT2D eigenvalue weighted by molar-refractivity contribution is 7.93. The Kier molecular flexibility index (Phi) is 7.36. The van der Waals surface area contributed by atoms with Crippen molar-refractivity contribution >= 4 is 55.6 Å². The fraction of sp³-hybridized carbons (Fsp3) is 0.250. The Hall–Kier alpha value is -3.77. The van der Waals surface area contributed by atoms with Crippen LogP contribution in [0.2, 0.25) is 0 Å². The number of amides is 3. The molecule has 0 aliphatic carbocycles. The van der Waals surface area contributed by atoms with E-state index < -0.39 is 21.8 Å². The monoisotopic (exact) mass is 527 g/mol. The predicted molar refractivity (Wildman–Crippen MR) is 137 cm³/mol. The number of hydrogen-bond acceptors (Lipinski definition) is 7. The number of aromatic nitrogens is 1. The second kappa shape index (κ2) is 10.5. The van der Waals surface area contributed by atoms with Gasteiger partial charge in [-0.2, -0.15) is 0 Å². The van der Waals surface area contributed by atoms with Crippen molar-refractivity contribution in [3.05, 3.63) is 65.7 Å². The lowest BCUT2D eigenvalue weighted by molar-refractivity contribution is -0.129. The molecule has 4 rings (SSSR count). The maximum absolute atomic E-state index is 12.6. The minimum Gasteiger partial charge on any atom is -0.339 e. The van der Waals surface area contributed by atoms with E-state index in [0.29, 0.717) is 23.5 Å². The average molecular weight is 528 g/mol. The van der Waals surface area contributed by atoms with Crippen molar-refractivity contribution in [2.24, 2.45) is 5.92 Å². The van der Waals surface area contributed by atoms with Crippen molar-refractivity contribution in [1.82, 2.24) is 9.88 Å². The van der Waals surface area contributed by atoms with Crippen molar-refractivity contribution < 1.29 is 22.8 Å². The highest BCUT2D eigenvalue weighted by atomic mass is 32.2. The van der Waals surface area contributed by atoms with E-state index in [2.05, 4.69) is 20.3 Å². The molecule has 1 aromatic heterocycles. The summed E-state index contributed by atoms with van der Waals surface area (Å²) < 4.78 is 27.2. The third-order valence-electron chi connectivity index (χ3n) is 5.64. The van der Waals surface area contributed by atoms with E-state index in [1.165, 1.54) is 41.8 Å². The lowest BCUT2D eigenvalue weighted by atomic mass is 10.1. The zero-order valence-corrected chi connectivity index (χ0v) is 21.2. The molecule has 2 heterocycles. The second-order valence-electron chi connectivity index (χ2n) is 8.53. The molecular formula is C24H25N5O5S2. The molecule has 3 amide bonds. The molecule has 1 saturated heterocycles. The first-order valence-corrected chi connectivity index (χ1v) is 13.5. The van der Waals surface area contributed by atoms with Crippen LogP contribution in [0.4, 0.5) is 16.5 Å². The van der Waals surface area contributed by atoms with E-state index in [1.54, 1.807) is 34.5 Å². The van der Waals surface area contributed by atoms with E-state index in [-0.39, 0.29) is 34.3 Å². The van der Waals surface area contributed by atoms with Crippen LogP contribution in [0.5, 0.6) is 0 Å². The summed E-state index contributed by atoms with van der Waals surface area (Å²) in [4.78, 5) is 42.8. The molecule has 3 N–H and O–H groups in total. The molecule has 1 aliphatic heterocycles. The maximum Gasteiger partial charge on any atom is 0.263 e. The number of rotatable bonds is 8. The van der Waals surface area contributed by atoms with Gasteiger partial charge in [-0.25, -0.2) is 13.4 Å². The van der Waals surface area contributed by atoms with Gasteiger partial charge in [0, 0.05) is 47.5 Å². The third-order valence-corrected chi connectivity index (χ3v) is 7.82. The molecule has 0 radical (unpaired) electrons. The molecule has 0 spiro atoms. The Balaban J connectivity index is 1.33. The van der Waals surface area contributed by atoms with Gasteiger partial charge in [0.2, 0.25) is 11.8 Å². The molecule has 0 saturated carbocycles. The molecular weight excluding hydrogens is 502 g/mol. The fourth-order valence-corrected chi connectivity index (χ4v) is 5.51. The molecule has 1 fully saturated rings. The van der Waals surface area contributed by atoms with Gasteiger partial charge < -0.3 is 15.5 Å². The summed E-state index contributed by atoms with van der Waals surface area (Å²) in [6.07, 6.45) is 1.69. The number of anilines is 3. The summed E-state index contributed by atoms with van der Waals surface area (Å²) in [5, 5.41) is 7.44. The standard InChI is InChI=1S/C24H25N5O5S2/c1-15(2)29-14-17(13-21(29)30)23(32)27-18-5-3-16(4-6-18)22(31)26-19-7-9-20(10-8-19)36(33,34)28-24-25-11-12-35-24/h3-12,15,17H,13-14H2,1-2H3,(H,25,28)(H,26,31)(H,27,32). The molecule has 188 valence electrons. The number of sulfonamides is 1. The molecule has 1 atom stereocenters. The summed E-state index contributed by atoms with van der Waals surface area (Å²) in [5.41, 5.74) is 1.30. The van der Waals surface area contributed by atoms with E-state index in [9.17, 15) is 22.8 Å². The van der Waals surface area contributed by atoms with Crippen molar-refractivity contribution in [2.75, 3.05) is 21.9 Å². The van der Waals surface area contributed by atoms with Crippen molar-refractivity contribution in [3.63, 3.8) is 0 Å². The lowest BCUT2D eigenvalue weighted by Gasteiger charge is -2.20. The first-order valence-electron chi connectivity index (χ1n) is 11.2. The summed E-state index contributed by atoms with van der Waals surface area (Å²) in [7, 11) is -3.78. The second-order valence-corrected chi connectivity index (χ2v) is 11.1. The zero-order chi connectivity index (χ0) is 25.9. The van der Waals surface area contributed by atoms with Crippen molar-refractivity contribution in [1.29, 1.82) is 0 Å². The molecule has 3 aromatic rings. The minimum absolute atomic E-state index is 0.0291. The van der Waals surface area contributed by atoms with Gasteiger partial charge in [0.1, 0.15) is 0 Å². The highest BCUT2D eigenvalue weighted by Crippen LogP contribution is 2.23. The van der Waals surface area contributed by atoms with Gasteiger partial charge >= 0.3 is 0 Å². The van der Waals surface area contributed by atoms with E-state index in [0.717, 1.165) is 0 Å². The third kappa shape index (κ3) is 5.89. The molecule has 0 bridgehead atoms. The molecule has 1 unspecified atom stereocenters. The topological polar surface area (TPSA) is 138 Å². The number of nitrogens with zero attached hydrogens (tertiary/aromatic N) is 2. The Morgan fingerprint density at radius 3 is 2.25 bits per heavy atom. The van der Waals surface area contributed by atoms with E-state index in [4.69, 9.17) is 0 Å². The van der Waals surface area contributed by atoms with Crippen LogP contribution in [0.1, 0.15) is 30.6 Å². The number of hydrogen-bond donors (Lipinski definition) is 3. The van der Waals surface area contributed by atoms with Crippen LogP contribution in [0.15, 0.2) is 65.0 Å². The normalized spacial score (nSPS) is 15.7. The smallest absolute Gasteiger partial charge is 0.263 e. The van der Waals surface area contributed by atoms with Crippen LogP contribution in [0, 0.1) is 5.92 Å². The number of nitrogens with one attached hydrogen (secondary N) is 3. The average Bonchev–Trinajstić information content (AvgIpc) is 3.49. The van der Waals surface area contributed by atoms with Crippen LogP contribution in [-0.2, 0) is 19.6 Å². The summed E-state index contributed by atoms with van der Waals surface area (Å²) in [5.74, 6) is -1.06. The van der Waals surface area contributed by atoms with Gasteiger partial charge in [0.15, 0.2) is 5.13 Å². The fourth-order valence-electron chi connectivity index (χ4n) is 3.72. The zero-order valence-electron chi connectivity index (χ0n) is 19.6.